The molecule has 0 aliphatic carbocycles. The summed E-state index contributed by atoms with van der Waals surface area (Å²) in [5, 5.41) is 19.8. The smallest absolute Gasteiger partial charge is 0.244 e. The Labute approximate surface area is 481 Å². The highest BCUT2D eigenvalue weighted by Crippen LogP contribution is 2.20. The van der Waals surface area contributed by atoms with E-state index in [4.69, 9.17) is 17.2 Å². The number of nitrogens with zero attached hydrogens (tertiary/aromatic N) is 1. The minimum absolute atomic E-state index is 0.0762. The first-order valence-corrected chi connectivity index (χ1v) is 28.2. The molecule has 0 bridgehead atoms. The number of amides is 8. The zero-order valence-electron chi connectivity index (χ0n) is 43.2. The van der Waals surface area contributed by atoms with E-state index >= 15 is 0 Å². The van der Waals surface area contributed by atoms with Crippen molar-refractivity contribution in [1.82, 2.24) is 47.2 Å². The predicted molar refractivity (Wildman–Crippen MR) is 312 cm³/mol. The quantitative estimate of drug-likeness (QED) is 0.0234. The molecule has 14 N–H and O–H groups in total. The summed E-state index contributed by atoms with van der Waals surface area (Å²) < 4.78 is 1.67. The average molecular weight is 1240 g/mol. The Morgan fingerprint density at radius 2 is 1.06 bits per heavy atom. The fourth-order valence-electron chi connectivity index (χ4n) is 8.31. The lowest BCUT2D eigenvalue weighted by molar-refractivity contribution is -0.136. The normalized spacial score (nSPS) is 14.3. The van der Waals surface area contributed by atoms with Crippen molar-refractivity contribution in [2.24, 2.45) is 23.1 Å². The molecule has 0 unspecified atom stereocenters. The minimum atomic E-state index is -1.36. The monoisotopic (exact) mass is 1230 g/mol. The van der Waals surface area contributed by atoms with Gasteiger partial charge >= 0.3 is 0 Å². The molecule has 2 aromatic heterocycles. The topological polar surface area (TPSA) is 328 Å². The molecular weight excluding hydrogens is 1170 g/mol. The van der Waals surface area contributed by atoms with Crippen LogP contribution in [0.1, 0.15) is 55.4 Å². The summed E-state index contributed by atoms with van der Waals surface area (Å²) in [4.78, 5) is 118. The van der Waals surface area contributed by atoms with E-state index in [1.54, 1.807) is 62.6 Å². The van der Waals surface area contributed by atoms with Gasteiger partial charge in [-0.2, -0.15) is 25.3 Å². The van der Waals surface area contributed by atoms with Crippen LogP contribution in [0.3, 0.4) is 0 Å². The standard InChI is InChI=1S/C54H68Br2N12O8S2/c1-30(2)46(54(76)67-45(29-78)52(74)63-41(47(59)69)23-32-14-18-36(56)19-15-32)68-49(71)40(11-5-6-20-57)62-51(73)43(25-34-27-61-39-10-4-3-9-37(34)39)65-50(72)42(24-33-8-7-21-60-26-33)64-53(75)44(28-77)66-48(70)38(58)22-31-12-16-35(55)17-13-31/h3-4,7-10,12-19,21,26-27,30,38,40-46,61,77-78H,5-6,11,20,22-25,28-29,57-58H2,1-2H3,(H2,59,69)(H,62,73)(H,63,74)(H,64,75)(H,65,72)(H,66,70)(H,67,76)(H,68,71)/t38-,40-,41-,42-,43+,44+,45-,46-/m0/s1. The molecule has 0 fully saturated rings. The lowest BCUT2D eigenvalue weighted by Crippen LogP contribution is -2.61. The van der Waals surface area contributed by atoms with Crippen LogP contribution >= 0.6 is 57.1 Å². The minimum Gasteiger partial charge on any atom is -0.368 e. The van der Waals surface area contributed by atoms with Crippen molar-refractivity contribution >= 4 is 115 Å². The Bertz CT molecular complexity index is 2830. The highest BCUT2D eigenvalue weighted by molar-refractivity contribution is 9.10. The molecule has 0 saturated carbocycles. The number of nitrogens with one attached hydrogen (secondary N) is 8. The molecule has 8 amide bonds. The van der Waals surface area contributed by atoms with Crippen molar-refractivity contribution in [3.8, 4) is 0 Å². The molecule has 20 nitrogen and oxygen atoms in total. The van der Waals surface area contributed by atoms with Crippen molar-refractivity contribution in [2.75, 3.05) is 18.1 Å². The van der Waals surface area contributed by atoms with Crippen molar-refractivity contribution in [2.45, 2.75) is 107 Å². The Morgan fingerprint density at radius 3 is 1.62 bits per heavy atom. The molecule has 0 aliphatic heterocycles. The van der Waals surface area contributed by atoms with Gasteiger partial charge in [0.25, 0.3) is 0 Å². The van der Waals surface area contributed by atoms with Crippen molar-refractivity contribution < 1.29 is 38.4 Å². The zero-order chi connectivity index (χ0) is 56.9. The second-order valence-electron chi connectivity index (χ2n) is 19.0. The lowest BCUT2D eigenvalue weighted by Gasteiger charge is -2.29. The number of aromatic nitrogens is 2. The number of fused-ring (bicyclic) bond motifs is 1. The van der Waals surface area contributed by atoms with E-state index in [1.165, 1.54) is 6.20 Å². The Morgan fingerprint density at radius 1 is 0.564 bits per heavy atom. The second kappa shape index (κ2) is 31.3. The summed E-state index contributed by atoms with van der Waals surface area (Å²) in [6, 6.07) is 15.3. The number of carbonyl (C=O) groups excluding carboxylic acids is 8. The van der Waals surface area contributed by atoms with Crippen LogP contribution in [0.25, 0.3) is 10.9 Å². The van der Waals surface area contributed by atoms with E-state index in [9.17, 15) is 38.4 Å². The number of halogens is 2. The van der Waals surface area contributed by atoms with Gasteiger partial charge in [0.15, 0.2) is 0 Å². The van der Waals surface area contributed by atoms with Crippen LogP contribution in [0.2, 0.25) is 0 Å². The highest BCUT2D eigenvalue weighted by Gasteiger charge is 2.35. The lowest BCUT2D eigenvalue weighted by atomic mass is 10.00. The Kier molecular flexibility index (Phi) is 25.1. The van der Waals surface area contributed by atoms with Crippen LogP contribution in [0.5, 0.6) is 0 Å². The Balaban J connectivity index is 1.36. The predicted octanol–water partition coefficient (Wildman–Crippen LogP) is 2.21. The first-order valence-electron chi connectivity index (χ1n) is 25.3. The summed E-state index contributed by atoms with van der Waals surface area (Å²) in [5.74, 6) is -6.77. The van der Waals surface area contributed by atoms with E-state index in [1.807, 2.05) is 48.5 Å². The van der Waals surface area contributed by atoms with Gasteiger partial charge in [0.05, 0.1) is 6.04 Å². The molecule has 418 valence electrons. The number of unbranched alkanes of at least 4 members (excludes halogenated alkanes) is 1. The number of aromatic amines is 1. The molecule has 0 saturated heterocycles. The average Bonchev–Trinajstić information content (AvgIpc) is 3.84. The number of pyridine rings is 1. The summed E-state index contributed by atoms with van der Waals surface area (Å²) in [6.45, 7) is 3.65. The van der Waals surface area contributed by atoms with Crippen LogP contribution in [-0.2, 0) is 64.0 Å². The number of thiol groups is 2. The summed E-state index contributed by atoms with van der Waals surface area (Å²) in [6.07, 6.45) is 5.82. The maximum atomic E-state index is 14.8. The summed E-state index contributed by atoms with van der Waals surface area (Å²) in [5.41, 5.74) is 21.2. The largest absolute Gasteiger partial charge is 0.368 e. The zero-order valence-corrected chi connectivity index (χ0v) is 48.1. The van der Waals surface area contributed by atoms with Crippen LogP contribution in [0.4, 0.5) is 0 Å². The van der Waals surface area contributed by atoms with E-state index in [2.05, 4.69) is 104 Å². The van der Waals surface area contributed by atoms with E-state index in [-0.39, 0.29) is 50.2 Å². The molecule has 0 radical (unpaired) electrons. The molecule has 24 heteroatoms. The maximum Gasteiger partial charge on any atom is 0.244 e. The number of hydrogen-bond donors (Lipinski definition) is 13. The Hall–Kier alpha value is -6.31. The van der Waals surface area contributed by atoms with Crippen LogP contribution in [-0.4, -0.2) is 124 Å². The third-order valence-corrected chi connectivity index (χ3v) is 14.5. The van der Waals surface area contributed by atoms with Gasteiger partial charge in [-0.05, 0) is 96.8 Å². The van der Waals surface area contributed by atoms with Gasteiger partial charge in [-0.15, -0.1) is 0 Å². The molecule has 5 aromatic rings. The first kappa shape index (κ1) is 62.5. The molecule has 0 spiro atoms. The number of nitrogens with two attached hydrogens (primary N) is 3. The number of H-pyrrole nitrogens is 1. The molecule has 78 heavy (non-hydrogen) atoms. The third-order valence-electron chi connectivity index (χ3n) is 12.7. The van der Waals surface area contributed by atoms with Gasteiger partial charge < -0.3 is 59.4 Å². The van der Waals surface area contributed by atoms with Crippen molar-refractivity contribution in [3.63, 3.8) is 0 Å². The summed E-state index contributed by atoms with van der Waals surface area (Å²) in [7, 11) is 0. The number of carbonyl (C=O) groups is 8. The SMILES string of the molecule is CC(C)[C@H](NC(=O)[C@H](CCCCN)NC(=O)[C@@H](Cc1c[nH]c2ccccc12)NC(=O)[C@H](Cc1cccnc1)NC(=O)[C@@H](CS)NC(=O)[C@@H](N)Cc1ccc(Br)cc1)C(=O)N[C@@H](CS)C(=O)N[C@@H](Cc1ccc(Br)cc1)C(N)=O. The second-order valence-corrected chi connectivity index (χ2v) is 21.6. The number of primary amides is 1. The van der Waals surface area contributed by atoms with E-state index < -0.39 is 102 Å². The van der Waals surface area contributed by atoms with Gasteiger partial charge in [-0.1, -0.05) is 94.2 Å². The molecule has 8 atom stereocenters. The van der Waals surface area contributed by atoms with Gasteiger partial charge in [-0.3, -0.25) is 43.3 Å². The fraction of sp³-hybridized carbons (Fsp3) is 0.389. The first-order chi connectivity index (χ1) is 37.3. The van der Waals surface area contributed by atoms with Crippen molar-refractivity contribution in [1.29, 1.82) is 0 Å². The van der Waals surface area contributed by atoms with Gasteiger partial charge in [0, 0.05) is 69.2 Å². The van der Waals surface area contributed by atoms with E-state index in [0.29, 0.717) is 24.0 Å². The fourth-order valence-corrected chi connectivity index (χ4v) is 9.35. The molecule has 5 rings (SSSR count). The molecule has 0 aliphatic rings. The number of rotatable bonds is 30. The van der Waals surface area contributed by atoms with Gasteiger partial charge in [-0.25, -0.2) is 0 Å². The van der Waals surface area contributed by atoms with Gasteiger partial charge in [0.2, 0.25) is 47.3 Å². The number of para-hydroxylation sites is 1. The van der Waals surface area contributed by atoms with Crippen LogP contribution in [0.15, 0.2) is 112 Å². The number of benzene rings is 3. The summed E-state index contributed by atoms with van der Waals surface area (Å²) >= 11 is 15.4. The highest BCUT2D eigenvalue weighted by atomic mass is 79.9. The molecule has 3 aromatic carbocycles. The van der Waals surface area contributed by atoms with Crippen LogP contribution in [0, 0.1) is 5.92 Å². The number of hydrogen-bond acceptors (Lipinski definition) is 13. The van der Waals surface area contributed by atoms with E-state index in [0.717, 1.165) is 31.0 Å². The molecular formula is C54H68Br2N12O8S2. The van der Waals surface area contributed by atoms with Crippen LogP contribution < -0.4 is 54.4 Å². The van der Waals surface area contributed by atoms with Crippen molar-refractivity contribution in [3.05, 3.63) is 135 Å². The maximum absolute atomic E-state index is 14.8. The third kappa shape index (κ3) is 19.3. The molecule has 2 heterocycles. The van der Waals surface area contributed by atoms with Gasteiger partial charge in [0.1, 0.15) is 42.3 Å².